The van der Waals surface area contributed by atoms with Crippen LogP contribution in [0.25, 0.3) is 0 Å². The Hall–Kier alpha value is -0.610. The summed E-state index contributed by atoms with van der Waals surface area (Å²) < 4.78 is 0. The highest BCUT2D eigenvalue weighted by molar-refractivity contribution is 5.79. The van der Waals surface area contributed by atoms with Gasteiger partial charge in [0.05, 0.1) is 0 Å². The average Bonchev–Trinajstić information content (AvgIpc) is 2.89. The van der Waals surface area contributed by atoms with Gasteiger partial charge in [-0.3, -0.25) is 4.79 Å². The van der Waals surface area contributed by atoms with Crippen LogP contribution in [0.2, 0.25) is 0 Å². The topological polar surface area (TPSA) is 26.8 Å². The highest BCUT2D eigenvalue weighted by Gasteiger charge is 2.37. The summed E-state index contributed by atoms with van der Waals surface area (Å²) in [7, 11) is 6.87. The van der Waals surface area contributed by atoms with E-state index in [2.05, 4.69) is 35.8 Å². The van der Waals surface area contributed by atoms with Gasteiger partial charge >= 0.3 is 0 Å². The molecule has 4 fully saturated rings. The van der Waals surface area contributed by atoms with E-state index in [0.29, 0.717) is 23.8 Å². The van der Waals surface area contributed by atoms with Crippen molar-refractivity contribution in [3.05, 3.63) is 0 Å². The molecule has 0 aromatic carbocycles. The standard InChI is InChI=1S/C30H55N3O/c1-31(27-13-7-4-8-14-27)22-24-19-25(23-32(2)28-15-9-5-10-16-28)21-26(20-24)30(34)33(3)29-17-11-6-12-18-29/h24-29H,4-23H2,1-3H3. The maximum atomic E-state index is 13.8. The highest BCUT2D eigenvalue weighted by Crippen LogP contribution is 2.38. The second-order valence-corrected chi connectivity index (χ2v) is 12.8. The second kappa shape index (κ2) is 13.1. The molecule has 4 aliphatic carbocycles. The van der Waals surface area contributed by atoms with Crippen LogP contribution >= 0.6 is 0 Å². The van der Waals surface area contributed by atoms with Crippen molar-refractivity contribution in [3.63, 3.8) is 0 Å². The smallest absolute Gasteiger partial charge is 0.225 e. The van der Waals surface area contributed by atoms with Gasteiger partial charge in [-0.2, -0.15) is 0 Å². The number of hydrogen-bond donors (Lipinski definition) is 0. The summed E-state index contributed by atoms with van der Waals surface area (Å²) in [5.74, 6) is 2.08. The van der Waals surface area contributed by atoms with Gasteiger partial charge in [0, 0.05) is 44.2 Å². The summed E-state index contributed by atoms with van der Waals surface area (Å²) in [6.07, 6.45) is 23.9. The summed E-state index contributed by atoms with van der Waals surface area (Å²) in [4.78, 5) is 21.3. The van der Waals surface area contributed by atoms with E-state index < -0.39 is 0 Å². The van der Waals surface area contributed by atoms with Crippen LogP contribution in [0.1, 0.15) is 116 Å². The van der Waals surface area contributed by atoms with Crippen LogP contribution in [0.5, 0.6) is 0 Å². The molecule has 2 unspecified atom stereocenters. The zero-order valence-electron chi connectivity index (χ0n) is 22.9. The van der Waals surface area contributed by atoms with E-state index in [9.17, 15) is 4.79 Å². The van der Waals surface area contributed by atoms with Gasteiger partial charge in [-0.1, -0.05) is 57.8 Å². The van der Waals surface area contributed by atoms with Crippen molar-refractivity contribution in [2.24, 2.45) is 17.8 Å². The Balaban J connectivity index is 1.39. The van der Waals surface area contributed by atoms with Gasteiger partial charge in [0.2, 0.25) is 5.91 Å². The lowest BCUT2D eigenvalue weighted by Crippen LogP contribution is -2.47. The van der Waals surface area contributed by atoms with Crippen LogP contribution in [-0.2, 0) is 4.79 Å². The van der Waals surface area contributed by atoms with E-state index in [0.717, 1.165) is 24.9 Å². The number of amides is 1. The minimum atomic E-state index is 0.246. The van der Waals surface area contributed by atoms with E-state index in [1.807, 2.05) is 0 Å². The number of rotatable bonds is 8. The van der Waals surface area contributed by atoms with Crippen LogP contribution < -0.4 is 0 Å². The predicted octanol–water partition coefficient (Wildman–Crippen LogP) is 6.34. The third-order valence-corrected chi connectivity index (χ3v) is 10.2. The largest absolute Gasteiger partial charge is 0.343 e. The van der Waals surface area contributed by atoms with Crippen LogP contribution in [0, 0.1) is 17.8 Å². The normalized spacial score (nSPS) is 30.7. The molecule has 4 rings (SSSR count). The fraction of sp³-hybridized carbons (Fsp3) is 0.967. The summed E-state index contributed by atoms with van der Waals surface area (Å²) in [5, 5.41) is 0. The zero-order chi connectivity index (χ0) is 23.9. The number of hydrogen-bond acceptors (Lipinski definition) is 3. The van der Waals surface area contributed by atoms with Crippen LogP contribution in [-0.4, -0.2) is 73.0 Å². The Bertz CT molecular complexity index is 572. The van der Waals surface area contributed by atoms with Crippen LogP contribution in [0.4, 0.5) is 0 Å². The molecule has 1 amide bonds. The lowest BCUT2D eigenvalue weighted by Gasteiger charge is -2.43. The van der Waals surface area contributed by atoms with E-state index in [1.165, 1.54) is 116 Å². The maximum absolute atomic E-state index is 13.8. The van der Waals surface area contributed by atoms with Crippen LogP contribution in [0.15, 0.2) is 0 Å². The van der Waals surface area contributed by atoms with E-state index in [-0.39, 0.29) is 5.92 Å². The van der Waals surface area contributed by atoms with Gasteiger partial charge in [-0.15, -0.1) is 0 Å². The molecular formula is C30H55N3O. The van der Waals surface area contributed by atoms with Crippen molar-refractivity contribution < 1.29 is 4.79 Å². The Morgan fingerprint density at radius 3 is 1.35 bits per heavy atom. The first-order valence-corrected chi connectivity index (χ1v) is 15.2. The quantitative estimate of drug-likeness (QED) is 0.411. The van der Waals surface area contributed by atoms with Crippen molar-refractivity contribution in [2.75, 3.05) is 34.2 Å². The highest BCUT2D eigenvalue weighted by atomic mass is 16.2. The molecule has 4 nitrogen and oxygen atoms in total. The number of nitrogens with zero attached hydrogens (tertiary/aromatic N) is 3. The summed E-state index contributed by atoms with van der Waals surface area (Å²) in [6, 6.07) is 2.05. The van der Waals surface area contributed by atoms with Crippen molar-refractivity contribution >= 4 is 5.91 Å². The molecule has 0 spiro atoms. The molecule has 0 N–H and O–H groups in total. The van der Waals surface area contributed by atoms with Crippen molar-refractivity contribution in [1.82, 2.24) is 14.7 Å². The summed E-state index contributed by atoms with van der Waals surface area (Å²) in [6.45, 7) is 2.40. The van der Waals surface area contributed by atoms with Gasteiger partial charge in [0.15, 0.2) is 0 Å². The molecule has 4 heteroatoms. The molecule has 0 aliphatic heterocycles. The predicted molar refractivity (Wildman–Crippen MR) is 143 cm³/mol. The summed E-state index contributed by atoms with van der Waals surface area (Å²) >= 11 is 0. The van der Waals surface area contributed by atoms with Gasteiger partial charge in [-0.25, -0.2) is 0 Å². The maximum Gasteiger partial charge on any atom is 0.225 e. The van der Waals surface area contributed by atoms with Gasteiger partial charge in [-0.05, 0) is 83.7 Å². The van der Waals surface area contributed by atoms with Crippen molar-refractivity contribution in [3.8, 4) is 0 Å². The molecule has 196 valence electrons. The zero-order valence-corrected chi connectivity index (χ0v) is 22.9. The Morgan fingerprint density at radius 2 is 0.941 bits per heavy atom. The number of carbonyl (C=O) groups is 1. The SMILES string of the molecule is CN(CC1CC(CN(C)C2CCCCC2)CC(C(=O)N(C)C2CCCCC2)C1)C1CCCCC1. The second-order valence-electron chi connectivity index (χ2n) is 12.8. The number of carbonyl (C=O) groups excluding carboxylic acids is 1. The minimum absolute atomic E-state index is 0.246. The van der Waals surface area contributed by atoms with Crippen molar-refractivity contribution in [2.45, 2.75) is 134 Å². The monoisotopic (exact) mass is 473 g/mol. The van der Waals surface area contributed by atoms with Gasteiger partial charge in [0.25, 0.3) is 0 Å². The third-order valence-electron chi connectivity index (χ3n) is 10.2. The third kappa shape index (κ3) is 7.21. The first-order chi connectivity index (χ1) is 16.5. The van der Waals surface area contributed by atoms with E-state index in [1.54, 1.807) is 0 Å². The van der Waals surface area contributed by atoms with E-state index in [4.69, 9.17) is 0 Å². The first-order valence-electron chi connectivity index (χ1n) is 15.2. The lowest BCUT2D eigenvalue weighted by molar-refractivity contribution is -0.139. The fourth-order valence-electron chi connectivity index (χ4n) is 8.16. The van der Waals surface area contributed by atoms with E-state index >= 15 is 0 Å². The van der Waals surface area contributed by atoms with Gasteiger partial charge < -0.3 is 14.7 Å². The molecule has 0 aromatic heterocycles. The molecular weight excluding hydrogens is 418 g/mol. The molecule has 4 saturated carbocycles. The minimum Gasteiger partial charge on any atom is -0.343 e. The molecule has 4 aliphatic rings. The Kier molecular flexibility index (Phi) is 10.2. The lowest BCUT2D eigenvalue weighted by atomic mass is 9.73. The molecule has 0 aromatic rings. The van der Waals surface area contributed by atoms with Crippen LogP contribution in [0.3, 0.4) is 0 Å². The fourth-order valence-corrected chi connectivity index (χ4v) is 8.16. The molecule has 0 heterocycles. The van der Waals surface area contributed by atoms with Gasteiger partial charge in [0.1, 0.15) is 0 Å². The molecule has 34 heavy (non-hydrogen) atoms. The molecule has 0 radical (unpaired) electrons. The first kappa shape index (κ1) is 26.5. The summed E-state index contributed by atoms with van der Waals surface area (Å²) in [5.41, 5.74) is 0. The Morgan fingerprint density at radius 1 is 0.559 bits per heavy atom. The van der Waals surface area contributed by atoms with Crippen molar-refractivity contribution in [1.29, 1.82) is 0 Å². The Labute approximate surface area is 211 Å². The molecule has 0 saturated heterocycles. The molecule has 2 atom stereocenters. The average molecular weight is 474 g/mol. The molecule has 0 bridgehead atoms.